The van der Waals surface area contributed by atoms with Gasteiger partial charge in [-0.3, -0.25) is 0 Å². The van der Waals surface area contributed by atoms with Crippen molar-refractivity contribution in [2.24, 2.45) is 4.99 Å². The SMILES string of the molecule is Clc1ccc(C2=CC(c3ccc(Cl)cc3)NC=N2)cc1. The minimum atomic E-state index is 0.0930. The monoisotopic (exact) mass is 302 g/mol. The molecular formula is C16H12Cl2N2. The van der Waals surface area contributed by atoms with Gasteiger partial charge >= 0.3 is 0 Å². The first-order chi connectivity index (χ1) is 9.72. The fourth-order valence-corrected chi connectivity index (χ4v) is 2.34. The van der Waals surface area contributed by atoms with Gasteiger partial charge in [0.2, 0.25) is 0 Å². The number of benzene rings is 2. The molecule has 4 heteroatoms. The molecule has 0 spiro atoms. The molecule has 1 aliphatic heterocycles. The molecule has 1 heterocycles. The van der Waals surface area contributed by atoms with Crippen LogP contribution in [0.4, 0.5) is 0 Å². The van der Waals surface area contributed by atoms with Crippen molar-refractivity contribution >= 4 is 35.2 Å². The van der Waals surface area contributed by atoms with Gasteiger partial charge in [-0.2, -0.15) is 0 Å². The lowest BCUT2D eigenvalue weighted by Gasteiger charge is -2.19. The van der Waals surface area contributed by atoms with Crippen molar-refractivity contribution < 1.29 is 0 Å². The Hall–Kier alpha value is -1.77. The molecule has 1 N–H and O–H groups in total. The number of hydrogen-bond donors (Lipinski definition) is 1. The molecule has 0 saturated carbocycles. The highest BCUT2D eigenvalue weighted by Crippen LogP contribution is 2.26. The maximum Gasteiger partial charge on any atom is 0.0893 e. The summed E-state index contributed by atoms with van der Waals surface area (Å²) >= 11 is 11.8. The molecule has 0 aromatic heterocycles. The van der Waals surface area contributed by atoms with Crippen LogP contribution in [-0.4, -0.2) is 6.34 Å². The molecule has 0 bridgehead atoms. The molecule has 2 nitrogen and oxygen atoms in total. The predicted molar refractivity (Wildman–Crippen MR) is 85.2 cm³/mol. The molecular weight excluding hydrogens is 291 g/mol. The molecule has 3 rings (SSSR count). The molecule has 20 heavy (non-hydrogen) atoms. The van der Waals surface area contributed by atoms with Crippen molar-refractivity contribution in [1.82, 2.24) is 5.32 Å². The van der Waals surface area contributed by atoms with E-state index < -0.39 is 0 Å². The minimum Gasteiger partial charge on any atom is -0.366 e. The van der Waals surface area contributed by atoms with E-state index in [1.165, 1.54) is 0 Å². The molecule has 1 atom stereocenters. The summed E-state index contributed by atoms with van der Waals surface area (Å²) in [7, 11) is 0. The van der Waals surface area contributed by atoms with Crippen molar-refractivity contribution in [3.8, 4) is 0 Å². The van der Waals surface area contributed by atoms with Crippen molar-refractivity contribution in [2.75, 3.05) is 0 Å². The van der Waals surface area contributed by atoms with Crippen LogP contribution in [0, 0.1) is 0 Å². The molecule has 1 aliphatic rings. The van der Waals surface area contributed by atoms with Gasteiger partial charge in [-0.15, -0.1) is 0 Å². The molecule has 0 fully saturated rings. The van der Waals surface area contributed by atoms with Crippen LogP contribution < -0.4 is 5.32 Å². The summed E-state index contributed by atoms with van der Waals surface area (Å²) in [6.07, 6.45) is 3.82. The van der Waals surface area contributed by atoms with Gasteiger partial charge in [0, 0.05) is 15.6 Å². The fraction of sp³-hybridized carbons (Fsp3) is 0.0625. The molecule has 0 aliphatic carbocycles. The fourth-order valence-electron chi connectivity index (χ4n) is 2.09. The maximum atomic E-state index is 5.92. The first-order valence-corrected chi connectivity index (χ1v) is 7.00. The van der Waals surface area contributed by atoms with Crippen molar-refractivity contribution in [3.05, 3.63) is 75.8 Å². The van der Waals surface area contributed by atoms with Gasteiger partial charge in [0.05, 0.1) is 18.1 Å². The zero-order valence-corrected chi connectivity index (χ0v) is 12.1. The lowest BCUT2D eigenvalue weighted by atomic mass is 10.0. The Kier molecular flexibility index (Phi) is 3.77. The van der Waals surface area contributed by atoms with E-state index >= 15 is 0 Å². The first-order valence-electron chi connectivity index (χ1n) is 6.24. The quantitative estimate of drug-likeness (QED) is 0.854. The summed E-state index contributed by atoms with van der Waals surface area (Å²) in [5.74, 6) is 0. The average Bonchev–Trinajstić information content (AvgIpc) is 2.49. The highest BCUT2D eigenvalue weighted by molar-refractivity contribution is 6.30. The van der Waals surface area contributed by atoms with E-state index in [9.17, 15) is 0 Å². The lowest BCUT2D eigenvalue weighted by molar-refractivity contribution is 0.794. The second-order valence-electron chi connectivity index (χ2n) is 4.51. The third-order valence-electron chi connectivity index (χ3n) is 3.15. The van der Waals surface area contributed by atoms with Gasteiger partial charge < -0.3 is 5.32 Å². The first kappa shape index (κ1) is 13.2. The number of halogens is 2. The molecule has 100 valence electrons. The zero-order chi connectivity index (χ0) is 13.9. The number of nitrogens with zero attached hydrogens (tertiary/aromatic N) is 1. The van der Waals surface area contributed by atoms with Gasteiger partial charge in [0.25, 0.3) is 0 Å². The Bertz CT molecular complexity index is 658. The normalized spacial score (nSPS) is 17.5. The standard InChI is InChI=1S/C16H12Cl2N2/c17-13-5-1-11(2-6-13)15-9-16(20-10-19-15)12-3-7-14(18)8-4-12/h1-10,15H,(H,19,20). The van der Waals surface area contributed by atoms with E-state index in [0.29, 0.717) is 0 Å². The van der Waals surface area contributed by atoms with Crippen LogP contribution in [0.2, 0.25) is 10.0 Å². The van der Waals surface area contributed by atoms with Gasteiger partial charge in [0.1, 0.15) is 0 Å². The second-order valence-corrected chi connectivity index (χ2v) is 5.39. The Balaban J connectivity index is 1.90. The molecule has 0 amide bonds. The Morgan fingerprint density at radius 2 is 1.45 bits per heavy atom. The van der Waals surface area contributed by atoms with Crippen LogP contribution in [-0.2, 0) is 0 Å². The van der Waals surface area contributed by atoms with Crippen LogP contribution in [0.15, 0.2) is 59.6 Å². The molecule has 0 saturated heterocycles. The van der Waals surface area contributed by atoms with Gasteiger partial charge in [-0.05, 0) is 35.9 Å². The van der Waals surface area contributed by atoms with Crippen LogP contribution in [0.25, 0.3) is 5.70 Å². The average molecular weight is 303 g/mol. The molecule has 2 aromatic carbocycles. The molecule has 0 radical (unpaired) electrons. The summed E-state index contributed by atoms with van der Waals surface area (Å²) in [5.41, 5.74) is 3.12. The van der Waals surface area contributed by atoms with Gasteiger partial charge in [0.15, 0.2) is 0 Å². The number of aliphatic imine (C=N–C) groups is 1. The summed E-state index contributed by atoms with van der Waals surface area (Å²) < 4.78 is 0. The zero-order valence-electron chi connectivity index (χ0n) is 10.6. The molecule has 1 unspecified atom stereocenters. The van der Waals surface area contributed by atoms with E-state index in [1.54, 1.807) is 6.34 Å². The van der Waals surface area contributed by atoms with Crippen LogP contribution in [0.3, 0.4) is 0 Å². The van der Waals surface area contributed by atoms with Crippen molar-refractivity contribution in [1.29, 1.82) is 0 Å². The van der Waals surface area contributed by atoms with E-state index in [4.69, 9.17) is 23.2 Å². The molecule has 2 aromatic rings. The van der Waals surface area contributed by atoms with Crippen molar-refractivity contribution in [3.63, 3.8) is 0 Å². The Morgan fingerprint density at radius 3 is 2.10 bits per heavy atom. The topological polar surface area (TPSA) is 24.4 Å². The van der Waals surface area contributed by atoms with Crippen LogP contribution >= 0.6 is 23.2 Å². The van der Waals surface area contributed by atoms with E-state index in [2.05, 4.69) is 16.4 Å². The third-order valence-corrected chi connectivity index (χ3v) is 3.66. The van der Waals surface area contributed by atoms with E-state index in [0.717, 1.165) is 26.9 Å². The summed E-state index contributed by atoms with van der Waals surface area (Å²) in [5, 5.41) is 4.69. The van der Waals surface area contributed by atoms with E-state index in [1.807, 2.05) is 48.5 Å². The summed E-state index contributed by atoms with van der Waals surface area (Å²) in [6.45, 7) is 0. The van der Waals surface area contributed by atoms with Crippen molar-refractivity contribution in [2.45, 2.75) is 6.04 Å². The Morgan fingerprint density at radius 1 is 0.850 bits per heavy atom. The lowest BCUT2D eigenvalue weighted by Crippen LogP contribution is -2.20. The number of nitrogens with one attached hydrogen (secondary N) is 1. The highest BCUT2D eigenvalue weighted by atomic mass is 35.5. The number of hydrogen-bond acceptors (Lipinski definition) is 2. The van der Waals surface area contributed by atoms with Crippen LogP contribution in [0.5, 0.6) is 0 Å². The second kappa shape index (κ2) is 5.70. The summed E-state index contributed by atoms with van der Waals surface area (Å²) in [6, 6.07) is 15.6. The summed E-state index contributed by atoms with van der Waals surface area (Å²) in [4.78, 5) is 4.38. The van der Waals surface area contributed by atoms with Crippen LogP contribution in [0.1, 0.15) is 17.2 Å². The maximum absolute atomic E-state index is 5.92. The predicted octanol–water partition coefficient (Wildman–Crippen LogP) is 4.71. The highest BCUT2D eigenvalue weighted by Gasteiger charge is 2.13. The van der Waals surface area contributed by atoms with Gasteiger partial charge in [-0.1, -0.05) is 47.5 Å². The third kappa shape index (κ3) is 2.87. The number of rotatable bonds is 2. The van der Waals surface area contributed by atoms with Gasteiger partial charge in [-0.25, -0.2) is 4.99 Å². The smallest absolute Gasteiger partial charge is 0.0893 e. The minimum absolute atomic E-state index is 0.0930. The largest absolute Gasteiger partial charge is 0.366 e. The Labute approximate surface area is 127 Å². The van der Waals surface area contributed by atoms with E-state index in [-0.39, 0.29) is 6.04 Å².